The number of nitrogen functional groups attached to an aromatic ring is 1. The number of nitrogens with one attached hydrogen (secondary N) is 2. The van der Waals surface area contributed by atoms with E-state index < -0.39 is 29.4 Å². The minimum Gasteiger partial charge on any atom is -0.505 e. The van der Waals surface area contributed by atoms with Crippen molar-refractivity contribution in [1.29, 1.82) is 0 Å². The van der Waals surface area contributed by atoms with Gasteiger partial charge in [-0.25, -0.2) is 9.78 Å². The number of carbonyl (C=O) groups excluding carboxylic acids is 3. The highest BCUT2D eigenvalue weighted by Gasteiger charge is 2.31. The van der Waals surface area contributed by atoms with Crippen LogP contribution in [0.15, 0.2) is 70.9 Å². The number of ether oxygens (including phenoxy) is 1. The lowest BCUT2D eigenvalue weighted by Crippen LogP contribution is -2.35. The number of hydrogen-bond acceptors (Lipinski definition) is 11. The number of amidine groups is 1. The van der Waals surface area contributed by atoms with Gasteiger partial charge in [-0.2, -0.15) is 13.2 Å². The molecular formula is C33H45F3N7O7P. The Morgan fingerprint density at radius 1 is 1.10 bits per heavy atom. The molecule has 280 valence electrons. The Kier molecular flexibility index (Phi) is 19.9. The van der Waals surface area contributed by atoms with Gasteiger partial charge in [0, 0.05) is 29.4 Å². The van der Waals surface area contributed by atoms with Gasteiger partial charge >= 0.3 is 12.1 Å². The van der Waals surface area contributed by atoms with Crippen molar-refractivity contribution in [1.82, 2.24) is 14.9 Å². The van der Waals surface area contributed by atoms with Crippen molar-refractivity contribution in [2.45, 2.75) is 59.9 Å². The normalized spacial score (nSPS) is 10.6. The average Bonchev–Trinajstić information content (AvgIpc) is 3.05. The van der Waals surface area contributed by atoms with Crippen LogP contribution >= 0.6 is 9.24 Å². The van der Waals surface area contributed by atoms with Crippen molar-refractivity contribution in [3.63, 3.8) is 0 Å². The van der Waals surface area contributed by atoms with Gasteiger partial charge in [-0.3, -0.25) is 14.2 Å². The average molecular weight is 740 g/mol. The van der Waals surface area contributed by atoms with Crippen molar-refractivity contribution in [3.8, 4) is 11.3 Å². The third kappa shape index (κ3) is 16.7. The van der Waals surface area contributed by atoms with Gasteiger partial charge in [-0.05, 0) is 58.4 Å². The van der Waals surface area contributed by atoms with Gasteiger partial charge in [0.1, 0.15) is 12.3 Å². The summed E-state index contributed by atoms with van der Waals surface area (Å²) in [7, 11) is 2.42. The maximum absolute atomic E-state index is 13.3. The lowest BCUT2D eigenvalue weighted by atomic mass is 10.1. The molecule has 51 heavy (non-hydrogen) atoms. The van der Waals surface area contributed by atoms with Crippen LogP contribution in [0.2, 0.25) is 0 Å². The van der Waals surface area contributed by atoms with Gasteiger partial charge in [0.15, 0.2) is 17.4 Å². The largest absolute Gasteiger partial charge is 0.505 e. The van der Waals surface area contributed by atoms with E-state index >= 15 is 0 Å². The predicted octanol–water partition coefficient (Wildman–Crippen LogP) is 4.61. The number of esters is 1. The summed E-state index contributed by atoms with van der Waals surface area (Å²) in [6.07, 6.45) is -3.19. The van der Waals surface area contributed by atoms with Crippen LogP contribution in [0.25, 0.3) is 11.3 Å². The van der Waals surface area contributed by atoms with E-state index in [-0.39, 0.29) is 54.4 Å². The molecule has 1 atom stereocenters. The van der Waals surface area contributed by atoms with Crippen LogP contribution in [0.3, 0.4) is 0 Å². The van der Waals surface area contributed by atoms with Gasteiger partial charge in [0.2, 0.25) is 5.91 Å². The predicted molar refractivity (Wildman–Crippen MR) is 194 cm³/mol. The Hall–Kier alpha value is -5.44. The first-order valence-corrected chi connectivity index (χ1v) is 16.2. The number of benzene rings is 2. The zero-order valence-corrected chi connectivity index (χ0v) is 30.3. The monoisotopic (exact) mass is 739 g/mol. The number of allylic oxidation sites excluding steroid dienone is 1. The van der Waals surface area contributed by atoms with E-state index in [1.54, 1.807) is 37.3 Å². The Bertz CT molecular complexity index is 1710. The van der Waals surface area contributed by atoms with Crippen LogP contribution < -0.4 is 27.7 Å². The Labute approximate surface area is 296 Å². The number of hydrogen-bond donors (Lipinski definition) is 6. The van der Waals surface area contributed by atoms with E-state index in [1.165, 1.54) is 36.7 Å². The summed E-state index contributed by atoms with van der Waals surface area (Å²) in [6.45, 7) is 12.7. The van der Waals surface area contributed by atoms with Crippen LogP contribution in [0.5, 0.6) is 0 Å². The Morgan fingerprint density at radius 2 is 1.65 bits per heavy atom. The molecule has 1 aromatic heterocycles. The zero-order chi connectivity index (χ0) is 39.5. The standard InChI is InChI=1S/C26H31N7O5.C3H3F3O.C3H6O.CH5P/c1-4-38-26(36)19-9-18(10-20(27)11-19)21-13-30-24(31-15(2)3)25(35)33(21)14-22(34)29-12-16-5-7-17(8-6-16)23(28)32-37;1-2(7)3(4,5)6;1-3(2)4;1-2/h5-11,13,15,37H,4,12,14,27H2,1-3H3,(H2,28,32)(H,29,34)(H,30,31);7H,1H2;1-2H3;2H2,1H3. The molecule has 0 radical (unpaired) electrons. The second-order valence-corrected chi connectivity index (χ2v) is 10.6. The number of ketones is 1. The molecule has 0 fully saturated rings. The first-order valence-electron chi connectivity index (χ1n) is 15.1. The maximum Gasteiger partial charge on any atom is 0.448 e. The van der Waals surface area contributed by atoms with E-state index in [1.807, 2.05) is 20.5 Å². The molecule has 3 rings (SSSR count). The highest BCUT2D eigenvalue weighted by Crippen LogP contribution is 2.24. The molecule has 8 N–H and O–H groups in total. The number of alkyl halides is 3. The summed E-state index contributed by atoms with van der Waals surface area (Å²) in [5.74, 6) is -2.51. The van der Waals surface area contributed by atoms with Crippen molar-refractivity contribution >= 4 is 44.2 Å². The van der Waals surface area contributed by atoms with Crippen LogP contribution in [0, 0.1) is 0 Å². The second-order valence-electron chi connectivity index (χ2n) is 10.6. The van der Waals surface area contributed by atoms with Gasteiger partial charge < -0.3 is 41.9 Å². The van der Waals surface area contributed by atoms with Crippen molar-refractivity contribution in [3.05, 3.63) is 88.0 Å². The number of oxime groups is 1. The molecule has 1 amide bonds. The molecule has 0 aliphatic rings. The van der Waals surface area contributed by atoms with E-state index in [2.05, 4.69) is 36.6 Å². The highest BCUT2D eigenvalue weighted by molar-refractivity contribution is 7.15. The molecule has 0 bridgehead atoms. The third-order valence-electron chi connectivity index (χ3n) is 5.72. The van der Waals surface area contributed by atoms with E-state index in [0.29, 0.717) is 16.8 Å². The number of aromatic nitrogens is 2. The van der Waals surface area contributed by atoms with Crippen molar-refractivity contribution in [2.24, 2.45) is 10.9 Å². The van der Waals surface area contributed by atoms with E-state index in [4.69, 9.17) is 26.5 Å². The molecule has 0 spiro atoms. The lowest BCUT2D eigenvalue weighted by molar-refractivity contribution is -0.122. The Balaban J connectivity index is 0.00000165. The minimum atomic E-state index is -4.64. The summed E-state index contributed by atoms with van der Waals surface area (Å²) in [5, 5.41) is 25.1. The first-order chi connectivity index (χ1) is 23.8. The minimum absolute atomic E-state index is 0.0244. The molecule has 1 unspecified atom stereocenters. The molecule has 2 aromatic carbocycles. The highest BCUT2D eigenvalue weighted by atomic mass is 31.0. The second kappa shape index (κ2) is 22.3. The molecule has 0 aliphatic heterocycles. The number of rotatable bonds is 10. The fraction of sp³-hybridized carbons (Fsp3) is 0.333. The number of anilines is 2. The van der Waals surface area contributed by atoms with Crippen LogP contribution in [-0.4, -0.2) is 68.9 Å². The van der Waals surface area contributed by atoms with Crippen molar-refractivity contribution in [2.75, 3.05) is 24.3 Å². The van der Waals surface area contributed by atoms with Gasteiger partial charge in [0.05, 0.1) is 24.1 Å². The maximum atomic E-state index is 13.3. The number of aliphatic hydroxyl groups excluding tert-OH is 1. The first kappa shape index (κ1) is 45.6. The number of nitrogens with zero attached hydrogens (tertiary/aromatic N) is 3. The van der Waals surface area contributed by atoms with Crippen molar-refractivity contribution < 1.29 is 42.6 Å². The molecule has 3 aromatic rings. The quantitative estimate of drug-likeness (QED) is 0.0246. The van der Waals surface area contributed by atoms with Crippen LogP contribution in [-0.2, 0) is 27.4 Å². The summed E-state index contributed by atoms with van der Waals surface area (Å²) in [6, 6.07) is 11.3. The number of halogens is 3. The van der Waals surface area contributed by atoms with Gasteiger partial charge in [-0.1, -0.05) is 42.7 Å². The Morgan fingerprint density at radius 3 is 2.12 bits per heavy atom. The molecule has 18 heteroatoms. The number of aliphatic hydroxyl groups is 1. The number of Topliss-reactive ketones (excluding diaryl/α,β-unsaturated/α-hetero) is 1. The molecule has 0 aliphatic carbocycles. The summed E-state index contributed by atoms with van der Waals surface area (Å²) in [5.41, 5.74) is 13.6. The number of carbonyl (C=O) groups is 3. The van der Waals surface area contributed by atoms with Crippen LogP contribution in [0.1, 0.15) is 56.1 Å². The smallest absolute Gasteiger partial charge is 0.448 e. The fourth-order valence-corrected chi connectivity index (χ4v) is 3.63. The van der Waals surface area contributed by atoms with Gasteiger partial charge in [-0.15, -0.1) is 9.24 Å². The van der Waals surface area contributed by atoms with Gasteiger partial charge in [0.25, 0.3) is 5.56 Å². The molecule has 1 heterocycles. The topological polar surface area (TPSA) is 224 Å². The summed E-state index contributed by atoms with van der Waals surface area (Å²) < 4.78 is 38.8. The SMILES string of the molecule is C=C(O)C(F)(F)F.CC(C)=O.CCOC(=O)c1cc(N)cc(-c2cnc(NC(C)C)c(=O)n2CC(=O)NCc2ccc(/C(N)=N/O)cc2)c1.CP. The molecule has 0 saturated carbocycles. The molecular weight excluding hydrogens is 694 g/mol. The molecule has 14 nitrogen and oxygen atoms in total. The van der Waals surface area contributed by atoms with E-state index in [0.717, 1.165) is 5.56 Å². The summed E-state index contributed by atoms with van der Waals surface area (Å²) in [4.78, 5) is 52.3. The summed E-state index contributed by atoms with van der Waals surface area (Å²) >= 11 is 0. The number of amides is 1. The molecule has 0 saturated heterocycles. The lowest BCUT2D eigenvalue weighted by Gasteiger charge is -2.17. The third-order valence-corrected chi connectivity index (χ3v) is 5.72. The number of nitrogens with two attached hydrogens (primary N) is 2. The van der Waals surface area contributed by atoms with Crippen LogP contribution in [0.4, 0.5) is 24.7 Å². The van der Waals surface area contributed by atoms with E-state index in [9.17, 15) is 32.3 Å². The zero-order valence-electron chi connectivity index (χ0n) is 29.2. The fourth-order valence-electron chi connectivity index (χ4n) is 3.63.